The van der Waals surface area contributed by atoms with Gasteiger partial charge < -0.3 is 15.2 Å². The van der Waals surface area contributed by atoms with Crippen molar-refractivity contribution >= 4 is 0 Å². The molecule has 0 bridgehead atoms. The Bertz CT molecular complexity index is 529. The van der Waals surface area contributed by atoms with Gasteiger partial charge in [0, 0.05) is 24.4 Å². The standard InChI is InChI=1S/C16H20N2O2/c1-2-9-19-15-7-6-13(11-17)16(10-15)20-12-14-5-3-4-8-18-14/h3-8,10H,2,9,11-12,17H2,1H3. The first-order chi connectivity index (χ1) is 9.83. The van der Waals surface area contributed by atoms with Crippen molar-refractivity contribution in [2.24, 2.45) is 5.73 Å². The van der Waals surface area contributed by atoms with Gasteiger partial charge in [0.2, 0.25) is 0 Å². The minimum atomic E-state index is 0.422. The molecule has 1 heterocycles. The second-order valence-corrected chi connectivity index (χ2v) is 4.43. The highest BCUT2D eigenvalue weighted by Crippen LogP contribution is 2.25. The number of nitrogens with two attached hydrogens (primary N) is 1. The predicted octanol–water partition coefficient (Wildman–Crippen LogP) is 2.91. The minimum Gasteiger partial charge on any atom is -0.493 e. The van der Waals surface area contributed by atoms with Gasteiger partial charge in [-0.15, -0.1) is 0 Å². The van der Waals surface area contributed by atoms with Gasteiger partial charge in [0.05, 0.1) is 12.3 Å². The van der Waals surface area contributed by atoms with Crippen LogP contribution in [0.15, 0.2) is 42.6 Å². The molecule has 0 saturated heterocycles. The molecule has 0 unspecified atom stereocenters. The maximum Gasteiger partial charge on any atom is 0.130 e. The van der Waals surface area contributed by atoms with Crippen molar-refractivity contribution in [1.29, 1.82) is 0 Å². The normalized spacial score (nSPS) is 10.3. The third-order valence-electron chi connectivity index (χ3n) is 2.83. The van der Waals surface area contributed by atoms with E-state index < -0.39 is 0 Å². The Morgan fingerprint density at radius 3 is 2.75 bits per heavy atom. The molecular weight excluding hydrogens is 252 g/mol. The third-order valence-corrected chi connectivity index (χ3v) is 2.83. The summed E-state index contributed by atoms with van der Waals surface area (Å²) in [5.74, 6) is 1.56. The summed E-state index contributed by atoms with van der Waals surface area (Å²) in [5.41, 5.74) is 7.58. The first-order valence-electron chi connectivity index (χ1n) is 6.82. The van der Waals surface area contributed by atoms with E-state index in [-0.39, 0.29) is 0 Å². The molecule has 0 aliphatic carbocycles. The molecule has 0 amide bonds. The van der Waals surface area contributed by atoms with Crippen LogP contribution in [0.4, 0.5) is 0 Å². The summed E-state index contributed by atoms with van der Waals surface area (Å²) < 4.78 is 11.4. The van der Waals surface area contributed by atoms with E-state index in [0.717, 1.165) is 29.2 Å². The zero-order valence-electron chi connectivity index (χ0n) is 11.7. The van der Waals surface area contributed by atoms with Crippen molar-refractivity contribution in [3.63, 3.8) is 0 Å². The van der Waals surface area contributed by atoms with E-state index in [1.807, 2.05) is 36.4 Å². The van der Waals surface area contributed by atoms with Gasteiger partial charge in [0.25, 0.3) is 0 Å². The average molecular weight is 272 g/mol. The van der Waals surface area contributed by atoms with Crippen LogP contribution >= 0.6 is 0 Å². The van der Waals surface area contributed by atoms with Gasteiger partial charge >= 0.3 is 0 Å². The molecule has 4 nitrogen and oxygen atoms in total. The zero-order chi connectivity index (χ0) is 14.2. The molecule has 1 aromatic heterocycles. The lowest BCUT2D eigenvalue weighted by atomic mass is 10.2. The Kier molecular flexibility index (Phi) is 5.38. The Morgan fingerprint density at radius 2 is 2.05 bits per heavy atom. The fourth-order valence-corrected chi connectivity index (χ4v) is 1.78. The second kappa shape index (κ2) is 7.50. The summed E-state index contributed by atoms with van der Waals surface area (Å²) in [5, 5.41) is 0. The number of benzene rings is 1. The third kappa shape index (κ3) is 3.96. The monoisotopic (exact) mass is 272 g/mol. The topological polar surface area (TPSA) is 57.4 Å². The highest BCUT2D eigenvalue weighted by Gasteiger charge is 2.06. The molecule has 0 atom stereocenters. The van der Waals surface area contributed by atoms with Crippen LogP contribution in [-0.4, -0.2) is 11.6 Å². The van der Waals surface area contributed by atoms with Crippen molar-refractivity contribution < 1.29 is 9.47 Å². The lowest BCUT2D eigenvalue weighted by Gasteiger charge is -2.12. The fourth-order valence-electron chi connectivity index (χ4n) is 1.78. The van der Waals surface area contributed by atoms with Crippen LogP contribution < -0.4 is 15.2 Å². The molecule has 0 radical (unpaired) electrons. The van der Waals surface area contributed by atoms with E-state index in [1.54, 1.807) is 6.20 Å². The van der Waals surface area contributed by atoms with Gasteiger partial charge in [-0.3, -0.25) is 4.98 Å². The molecule has 2 N–H and O–H groups in total. The Morgan fingerprint density at radius 1 is 1.15 bits per heavy atom. The number of aromatic nitrogens is 1. The quantitative estimate of drug-likeness (QED) is 0.842. The van der Waals surface area contributed by atoms with Crippen molar-refractivity contribution in [3.8, 4) is 11.5 Å². The van der Waals surface area contributed by atoms with Crippen LogP contribution in [0.1, 0.15) is 24.6 Å². The Hall–Kier alpha value is -2.07. The van der Waals surface area contributed by atoms with E-state index in [0.29, 0.717) is 19.8 Å². The predicted molar refractivity (Wildman–Crippen MR) is 78.7 cm³/mol. The molecule has 20 heavy (non-hydrogen) atoms. The van der Waals surface area contributed by atoms with Crippen molar-refractivity contribution in [3.05, 3.63) is 53.9 Å². The molecule has 2 aromatic rings. The fraction of sp³-hybridized carbons (Fsp3) is 0.312. The maximum absolute atomic E-state index is 5.81. The van der Waals surface area contributed by atoms with E-state index in [4.69, 9.17) is 15.2 Å². The number of ether oxygens (including phenoxy) is 2. The smallest absolute Gasteiger partial charge is 0.130 e. The van der Waals surface area contributed by atoms with Crippen LogP contribution in [0.25, 0.3) is 0 Å². The first kappa shape index (κ1) is 14.3. The van der Waals surface area contributed by atoms with Gasteiger partial charge in [-0.1, -0.05) is 19.1 Å². The average Bonchev–Trinajstić information content (AvgIpc) is 2.52. The lowest BCUT2D eigenvalue weighted by Crippen LogP contribution is -2.04. The summed E-state index contributed by atoms with van der Waals surface area (Å²) >= 11 is 0. The van der Waals surface area contributed by atoms with Gasteiger partial charge in [-0.05, 0) is 24.6 Å². The summed E-state index contributed by atoms with van der Waals surface area (Å²) in [4.78, 5) is 4.23. The van der Waals surface area contributed by atoms with Crippen LogP contribution in [0.3, 0.4) is 0 Å². The van der Waals surface area contributed by atoms with Gasteiger partial charge in [0.1, 0.15) is 18.1 Å². The van der Waals surface area contributed by atoms with E-state index in [9.17, 15) is 0 Å². The molecule has 0 spiro atoms. The number of rotatable bonds is 7. The van der Waals surface area contributed by atoms with E-state index in [1.165, 1.54) is 0 Å². The molecule has 2 rings (SSSR count). The first-order valence-corrected chi connectivity index (χ1v) is 6.82. The highest BCUT2D eigenvalue weighted by atomic mass is 16.5. The summed E-state index contributed by atoms with van der Waals surface area (Å²) in [7, 11) is 0. The number of hydrogen-bond acceptors (Lipinski definition) is 4. The van der Waals surface area contributed by atoms with Crippen LogP contribution in [0.5, 0.6) is 11.5 Å². The number of pyridine rings is 1. The van der Waals surface area contributed by atoms with E-state index in [2.05, 4.69) is 11.9 Å². The molecule has 0 aliphatic rings. The summed E-state index contributed by atoms with van der Waals surface area (Å²) in [6, 6.07) is 11.5. The van der Waals surface area contributed by atoms with Crippen molar-refractivity contribution in [2.75, 3.05) is 6.61 Å². The van der Waals surface area contributed by atoms with Crippen molar-refractivity contribution in [1.82, 2.24) is 4.98 Å². The molecule has 0 fully saturated rings. The Labute approximate surface area is 119 Å². The molecule has 4 heteroatoms. The summed E-state index contributed by atoms with van der Waals surface area (Å²) in [6.45, 7) is 3.63. The minimum absolute atomic E-state index is 0.422. The lowest BCUT2D eigenvalue weighted by molar-refractivity contribution is 0.289. The molecular formula is C16H20N2O2. The van der Waals surface area contributed by atoms with Gasteiger partial charge in [-0.2, -0.15) is 0 Å². The largest absolute Gasteiger partial charge is 0.493 e. The van der Waals surface area contributed by atoms with Crippen molar-refractivity contribution in [2.45, 2.75) is 26.5 Å². The molecule has 0 saturated carbocycles. The second-order valence-electron chi connectivity index (χ2n) is 4.43. The highest BCUT2D eigenvalue weighted by molar-refractivity contribution is 5.40. The maximum atomic E-state index is 5.81. The number of nitrogens with zero attached hydrogens (tertiary/aromatic N) is 1. The number of hydrogen-bond donors (Lipinski definition) is 1. The zero-order valence-corrected chi connectivity index (χ0v) is 11.7. The molecule has 1 aromatic carbocycles. The molecule has 106 valence electrons. The van der Waals surface area contributed by atoms with Crippen LogP contribution in [0, 0.1) is 0 Å². The van der Waals surface area contributed by atoms with Crippen LogP contribution in [-0.2, 0) is 13.2 Å². The van der Waals surface area contributed by atoms with E-state index >= 15 is 0 Å². The van der Waals surface area contributed by atoms with Gasteiger partial charge in [0.15, 0.2) is 0 Å². The molecule has 0 aliphatic heterocycles. The van der Waals surface area contributed by atoms with Gasteiger partial charge in [-0.25, -0.2) is 0 Å². The Balaban J connectivity index is 2.07. The van der Waals surface area contributed by atoms with Crippen LogP contribution in [0.2, 0.25) is 0 Å². The summed E-state index contributed by atoms with van der Waals surface area (Å²) in [6.07, 6.45) is 2.73. The SMILES string of the molecule is CCCOc1ccc(CN)c(OCc2ccccn2)c1.